The van der Waals surface area contributed by atoms with E-state index in [0.717, 1.165) is 4.90 Å². The Hall–Kier alpha value is -1.11. The number of hydrogen-bond donors (Lipinski definition) is 2. The molecule has 5 nitrogen and oxygen atoms in total. The van der Waals surface area contributed by atoms with Gasteiger partial charge in [-0.3, -0.25) is 10.1 Å². The topological polar surface area (TPSA) is 83.6 Å². The van der Waals surface area contributed by atoms with E-state index in [4.69, 9.17) is 5.11 Å². The fraction of sp³-hybridized carbons (Fsp3) is 0.455. The standard InChI is InChI=1S/C11H15NO4S/c1-7(14)8(2)17-10-3-4-11(12(15)16)9(5-10)6-13/h3-5,7-8,13-14H,6H2,1-2H3. The van der Waals surface area contributed by atoms with Gasteiger partial charge in [0.1, 0.15) is 0 Å². The van der Waals surface area contributed by atoms with Crippen molar-refractivity contribution < 1.29 is 15.1 Å². The highest BCUT2D eigenvalue weighted by molar-refractivity contribution is 8.00. The van der Waals surface area contributed by atoms with E-state index in [2.05, 4.69) is 0 Å². The molecule has 1 aromatic carbocycles. The smallest absolute Gasteiger partial charge is 0.274 e. The quantitative estimate of drug-likeness (QED) is 0.478. The number of hydrogen-bond acceptors (Lipinski definition) is 5. The monoisotopic (exact) mass is 257 g/mol. The molecule has 0 fully saturated rings. The van der Waals surface area contributed by atoms with E-state index in [1.54, 1.807) is 19.1 Å². The van der Waals surface area contributed by atoms with E-state index in [9.17, 15) is 15.2 Å². The number of nitrogens with zero attached hydrogens (tertiary/aromatic N) is 1. The first-order valence-corrected chi connectivity index (χ1v) is 6.06. The molecule has 1 rings (SSSR count). The van der Waals surface area contributed by atoms with Gasteiger partial charge in [0.05, 0.1) is 23.2 Å². The molecule has 0 spiro atoms. The van der Waals surface area contributed by atoms with E-state index >= 15 is 0 Å². The lowest BCUT2D eigenvalue weighted by molar-refractivity contribution is -0.385. The number of nitro groups is 1. The van der Waals surface area contributed by atoms with Crippen molar-refractivity contribution in [2.45, 2.75) is 36.7 Å². The van der Waals surface area contributed by atoms with Gasteiger partial charge in [0.15, 0.2) is 0 Å². The molecule has 2 atom stereocenters. The van der Waals surface area contributed by atoms with Gasteiger partial charge < -0.3 is 10.2 Å². The molecule has 0 radical (unpaired) electrons. The minimum absolute atomic E-state index is 0.0111. The molecular weight excluding hydrogens is 242 g/mol. The number of rotatable bonds is 5. The van der Waals surface area contributed by atoms with Crippen molar-refractivity contribution in [1.29, 1.82) is 0 Å². The third kappa shape index (κ3) is 3.69. The average Bonchev–Trinajstić information content (AvgIpc) is 2.28. The van der Waals surface area contributed by atoms with Gasteiger partial charge in [-0.25, -0.2) is 0 Å². The number of thioether (sulfide) groups is 1. The van der Waals surface area contributed by atoms with E-state index < -0.39 is 11.0 Å². The molecule has 0 saturated heterocycles. The highest BCUT2D eigenvalue weighted by Gasteiger charge is 2.16. The SMILES string of the molecule is CC(O)C(C)Sc1ccc([N+](=O)[O-])c(CO)c1. The maximum Gasteiger partial charge on any atom is 0.274 e. The Bertz CT molecular complexity index is 408. The first kappa shape index (κ1) is 14.0. The Kier molecular flexibility index (Phi) is 4.92. The van der Waals surface area contributed by atoms with Gasteiger partial charge in [-0.2, -0.15) is 0 Å². The minimum atomic E-state index is -0.516. The largest absolute Gasteiger partial charge is 0.392 e. The zero-order valence-corrected chi connectivity index (χ0v) is 10.5. The Morgan fingerprint density at radius 2 is 2.12 bits per heavy atom. The molecule has 0 amide bonds. The molecule has 94 valence electrons. The van der Waals surface area contributed by atoms with E-state index in [1.165, 1.54) is 17.8 Å². The van der Waals surface area contributed by atoms with Crippen LogP contribution in [0.25, 0.3) is 0 Å². The predicted octanol–water partition coefficient (Wildman–Crippen LogP) is 1.95. The van der Waals surface area contributed by atoms with Gasteiger partial charge in [-0.15, -0.1) is 11.8 Å². The summed E-state index contributed by atoms with van der Waals surface area (Å²) in [6.07, 6.45) is -0.465. The van der Waals surface area contributed by atoms with Crippen LogP contribution in [-0.4, -0.2) is 26.5 Å². The van der Waals surface area contributed by atoms with Gasteiger partial charge >= 0.3 is 0 Å². The third-order valence-corrected chi connectivity index (χ3v) is 3.71. The van der Waals surface area contributed by atoms with Gasteiger partial charge in [-0.05, 0) is 19.1 Å². The van der Waals surface area contributed by atoms with Crippen molar-refractivity contribution in [2.24, 2.45) is 0 Å². The molecule has 0 aromatic heterocycles. The molecule has 2 unspecified atom stereocenters. The Morgan fingerprint density at radius 3 is 2.59 bits per heavy atom. The van der Waals surface area contributed by atoms with Crippen molar-refractivity contribution in [3.05, 3.63) is 33.9 Å². The molecule has 0 aliphatic heterocycles. The molecule has 2 N–H and O–H groups in total. The summed E-state index contributed by atoms with van der Waals surface area (Å²) < 4.78 is 0. The predicted molar refractivity (Wildman–Crippen MR) is 66.0 cm³/mol. The summed E-state index contributed by atoms with van der Waals surface area (Å²) in [4.78, 5) is 11.0. The number of aliphatic hydroxyl groups is 2. The van der Waals surface area contributed by atoms with Crippen molar-refractivity contribution in [3.8, 4) is 0 Å². The van der Waals surface area contributed by atoms with Crippen LogP contribution < -0.4 is 0 Å². The molecule has 1 aromatic rings. The van der Waals surface area contributed by atoms with Crippen LogP contribution in [0.3, 0.4) is 0 Å². The Morgan fingerprint density at radius 1 is 1.47 bits per heavy atom. The summed E-state index contributed by atoms with van der Waals surface area (Å²) in [6.45, 7) is 3.19. The van der Waals surface area contributed by atoms with Crippen LogP contribution in [0.1, 0.15) is 19.4 Å². The minimum Gasteiger partial charge on any atom is -0.392 e. The number of benzene rings is 1. The molecule has 17 heavy (non-hydrogen) atoms. The summed E-state index contributed by atoms with van der Waals surface area (Å²) in [5, 5.41) is 29.1. The van der Waals surface area contributed by atoms with E-state index in [1.807, 2.05) is 6.92 Å². The van der Waals surface area contributed by atoms with Crippen molar-refractivity contribution >= 4 is 17.4 Å². The third-order valence-electron chi connectivity index (χ3n) is 2.42. The Labute approximate surface area is 104 Å². The first-order valence-electron chi connectivity index (χ1n) is 5.18. The maximum absolute atomic E-state index is 10.7. The van der Waals surface area contributed by atoms with Crippen LogP contribution in [0, 0.1) is 10.1 Å². The molecule has 0 heterocycles. The zero-order valence-electron chi connectivity index (χ0n) is 9.66. The Balaban J connectivity index is 2.94. The van der Waals surface area contributed by atoms with Crippen molar-refractivity contribution in [3.63, 3.8) is 0 Å². The number of nitro benzene ring substituents is 1. The summed E-state index contributed by atoms with van der Waals surface area (Å²) in [6, 6.07) is 4.59. The molecular formula is C11H15NO4S. The summed E-state index contributed by atoms with van der Waals surface area (Å²) in [7, 11) is 0. The highest BCUT2D eigenvalue weighted by Crippen LogP contribution is 2.29. The summed E-state index contributed by atoms with van der Waals surface area (Å²) in [5.41, 5.74) is 0.208. The fourth-order valence-electron chi connectivity index (χ4n) is 1.25. The van der Waals surface area contributed by atoms with Gasteiger partial charge in [0.25, 0.3) is 5.69 Å². The van der Waals surface area contributed by atoms with Crippen molar-refractivity contribution in [1.82, 2.24) is 0 Å². The zero-order chi connectivity index (χ0) is 13.0. The van der Waals surface area contributed by atoms with Crippen LogP contribution >= 0.6 is 11.8 Å². The van der Waals surface area contributed by atoms with Gasteiger partial charge in [0.2, 0.25) is 0 Å². The lowest BCUT2D eigenvalue weighted by atomic mass is 10.2. The number of aliphatic hydroxyl groups excluding tert-OH is 2. The lowest BCUT2D eigenvalue weighted by Gasteiger charge is -2.14. The van der Waals surface area contributed by atoms with Crippen molar-refractivity contribution in [2.75, 3.05) is 0 Å². The first-order chi connectivity index (χ1) is 7.95. The van der Waals surface area contributed by atoms with Crippen LogP contribution in [0.2, 0.25) is 0 Å². The second-order valence-electron chi connectivity index (χ2n) is 3.77. The second-order valence-corrected chi connectivity index (χ2v) is 5.22. The molecule has 0 aliphatic rings. The molecule has 6 heteroatoms. The van der Waals surface area contributed by atoms with Gasteiger partial charge in [0, 0.05) is 16.2 Å². The van der Waals surface area contributed by atoms with E-state index in [0.29, 0.717) is 0 Å². The van der Waals surface area contributed by atoms with Crippen LogP contribution in [0.5, 0.6) is 0 Å². The van der Waals surface area contributed by atoms with Crippen LogP contribution in [-0.2, 0) is 6.61 Å². The molecule has 0 bridgehead atoms. The van der Waals surface area contributed by atoms with Crippen LogP contribution in [0.4, 0.5) is 5.69 Å². The van der Waals surface area contributed by atoms with E-state index in [-0.39, 0.29) is 23.1 Å². The second kappa shape index (κ2) is 6.00. The normalized spacial score (nSPS) is 14.4. The fourth-order valence-corrected chi connectivity index (χ4v) is 2.24. The van der Waals surface area contributed by atoms with Gasteiger partial charge in [-0.1, -0.05) is 6.92 Å². The molecule has 0 saturated carbocycles. The average molecular weight is 257 g/mol. The van der Waals surface area contributed by atoms with Crippen LogP contribution in [0.15, 0.2) is 23.1 Å². The molecule has 0 aliphatic carbocycles. The maximum atomic E-state index is 10.7. The summed E-state index contributed by atoms with van der Waals surface area (Å²) >= 11 is 1.42. The summed E-state index contributed by atoms with van der Waals surface area (Å²) in [5.74, 6) is 0. The highest BCUT2D eigenvalue weighted by atomic mass is 32.2. The lowest BCUT2D eigenvalue weighted by Crippen LogP contribution is -2.14.